The smallest absolute Gasteiger partial charge is 0.227 e. The van der Waals surface area contributed by atoms with Gasteiger partial charge in [0.15, 0.2) is 17.0 Å². The third kappa shape index (κ3) is 4.24. The van der Waals surface area contributed by atoms with E-state index < -0.39 is 0 Å². The van der Waals surface area contributed by atoms with Crippen LogP contribution in [0.25, 0.3) is 11.2 Å². The van der Waals surface area contributed by atoms with Crippen molar-refractivity contribution in [2.75, 3.05) is 56.2 Å². The average molecular weight is 490 g/mol. The molecule has 0 unspecified atom stereocenters. The molecular formula is C27H35N7O2. The molecule has 2 fully saturated rings. The summed E-state index contributed by atoms with van der Waals surface area (Å²) in [7, 11) is 1.71. The third-order valence-electron chi connectivity index (χ3n) is 7.96. The number of fused-ring (bicyclic) bond motifs is 3. The van der Waals surface area contributed by atoms with Crippen molar-refractivity contribution in [2.24, 2.45) is 5.92 Å². The van der Waals surface area contributed by atoms with E-state index in [2.05, 4.69) is 35.3 Å². The molecule has 9 nitrogen and oxygen atoms in total. The normalized spacial score (nSPS) is 20.8. The zero-order valence-electron chi connectivity index (χ0n) is 21.1. The van der Waals surface area contributed by atoms with Crippen LogP contribution in [0.5, 0.6) is 5.75 Å². The van der Waals surface area contributed by atoms with Gasteiger partial charge in [0.05, 0.1) is 18.7 Å². The molecular weight excluding hydrogens is 454 g/mol. The number of benzene rings is 1. The highest BCUT2D eigenvalue weighted by Gasteiger charge is 2.33. The summed E-state index contributed by atoms with van der Waals surface area (Å²) < 4.78 is 7.82. The van der Waals surface area contributed by atoms with Crippen molar-refractivity contribution in [2.45, 2.75) is 45.1 Å². The molecule has 3 aliphatic rings. The zero-order chi connectivity index (χ0) is 24.5. The van der Waals surface area contributed by atoms with Gasteiger partial charge in [-0.1, -0.05) is 18.6 Å². The Kier molecular flexibility index (Phi) is 6.37. The van der Waals surface area contributed by atoms with E-state index in [9.17, 15) is 4.79 Å². The first-order valence-electron chi connectivity index (χ1n) is 13.3. The number of nitrogens with zero attached hydrogens (tertiary/aromatic N) is 7. The van der Waals surface area contributed by atoms with Crippen LogP contribution in [0.3, 0.4) is 0 Å². The van der Waals surface area contributed by atoms with Crippen molar-refractivity contribution in [3.05, 3.63) is 36.4 Å². The van der Waals surface area contributed by atoms with Crippen LogP contribution < -0.4 is 14.5 Å². The lowest BCUT2D eigenvalue weighted by Gasteiger charge is -2.40. The highest BCUT2D eigenvalue weighted by molar-refractivity contribution is 5.85. The fraction of sp³-hybridized carbons (Fsp3) is 0.556. The predicted molar refractivity (Wildman–Crippen MR) is 140 cm³/mol. The van der Waals surface area contributed by atoms with Crippen LogP contribution in [-0.2, 0) is 17.8 Å². The largest absolute Gasteiger partial charge is 0.495 e. The predicted octanol–water partition coefficient (Wildman–Crippen LogP) is 3.13. The summed E-state index contributed by atoms with van der Waals surface area (Å²) in [6, 6.07) is 8.11. The minimum absolute atomic E-state index is 0.0120. The molecule has 0 spiro atoms. The third-order valence-corrected chi connectivity index (χ3v) is 7.96. The Morgan fingerprint density at radius 1 is 0.944 bits per heavy atom. The number of imidazole rings is 1. The van der Waals surface area contributed by atoms with Crippen molar-refractivity contribution >= 4 is 28.6 Å². The molecule has 190 valence electrons. The van der Waals surface area contributed by atoms with Gasteiger partial charge in [0.1, 0.15) is 17.9 Å². The molecule has 5 heterocycles. The van der Waals surface area contributed by atoms with Crippen molar-refractivity contribution in [1.29, 1.82) is 0 Å². The van der Waals surface area contributed by atoms with Gasteiger partial charge in [0.25, 0.3) is 0 Å². The van der Waals surface area contributed by atoms with Gasteiger partial charge >= 0.3 is 0 Å². The molecule has 0 saturated carbocycles. The first kappa shape index (κ1) is 23.1. The molecule has 2 saturated heterocycles. The molecule has 0 bridgehead atoms. The first-order chi connectivity index (χ1) is 17.7. The highest BCUT2D eigenvalue weighted by atomic mass is 16.5. The number of methoxy groups -OCH3 is 1. The van der Waals surface area contributed by atoms with Gasteiger partial charge in [-0.2, -0.15) is 0 Å². The molecule has 1 amide bonds. The van der Waals surface area contributed by atoms with E-state index in [1.165, 1.54) is 19.3 Å². The minimum Gasteiger partial charge on any atom is -0.495 e. The van der Waals surface area contributed by atoms with Crippen molar-refractivity contribution in [1.82, 2.24) is 24.4 Å². The lowest BCUT2D eigenvalue weighted by atomic mass is 9.96. The Hall–Kier alpha value is -3.36. The number of aromatic nitrogens is 4. The number of para-hydroxylation sites is 2. The number of anilines is 2. The number of piperazine rings is 1. The number of aryl methyl sites for hydroxylation is 2. The van der Waals surface area contributed by atoms with Crippen molar-refractivity contribution in [3.8, 4) is 5.75 Å². The van der Waals surface area contributed by atoms with E-state index in [0.29, 0.717) is 6.54 Å². The summed E-state index contributed by atoms with van der Waals surface area (Å²) in [4.78, 5) is 34.4. The Labute approximate surface area is 212 Å². The molecule has 1 aromatic carbocycles. The number of carbonyl (C=O) groups excluding carboxylic acids is 1. The maximum Gasteiger partial charge on any atom is 0.227 e. The van der Waals surface area contributed by atoms with E-state index in [1.807, 2.05) is 18.2 Å². The number of carbonyl (C=O) groups is 1. The molecule has 6 rings (SSSR count). The lowest BCUT2D eigenvalue weighted by molar-refractivity contribution is -0.136. The monoisotopic (exact) mass is 489 g/mol. The number of hydrogen-bond acceptors (Lipinski definition) is 7. The standard InChI is InChI=1S/C27H35N7O2/c1-36-22-10-5-4-9-21(22)31-14-16-32(17-15-31)27(35)20-8-7-12-33(18-20)25-24-26(29-19-28-25)34-13-6-2-3-11-23(34)30-24/h4-5,9-10,19-20H,2-3,6-8,11-18H2,1H3/t20-/m1/s1. The second-order valence-corrected chi connectivity index (χ2v) is 10.1. The summed E-state index contributed by atoms with van der Waals surface area (Å²) in [6.07, 6.45) is 8.16. The Morgan fingerprint density at radius 3 is 2.67 bits per heavy atom. The quantitative estimate of drug-likeness (QED) is 0.557. The van der Waals surface area contributed by atoms with E-state index in [4.69, 9.17) is 9.72 Å². The zero-order valence-corrected chi connectivity index (χ0v) is 21.1. The van der Waals surface area contributed by atoms with E-state index >= 15 is 0 Å². The number of ether oxygens (including phenoxy) is 1. The summed E-state index contributed by atoms with van der Waals surface area (Å²) in [5.74, 6) is 3.15. The van der Waals surface area contributed by atoms with E-state index in [1.54, 1.807) is 13.4 Å². The fourth-order valence-corrected chi connectivity index (χ4v) is 6.04. The number of hydrogen-bond donors (Lipinski definition) is 0. The van der Waals surface area contributed by atoms with Crippen LogP contribution in [0.1, 0.15) is 37.9 Å². The van der Waals surface area contributed by atoms with Crippen LogP contribution in [0.4, 0.5) is 11.5 Å². The van der Waals surface area contributed by atoms with Crippen molar-refractivity contribution < 1.29 is 9.53 Å². The van der Waals surface area contributed by atoms with Gasteiger partial charge < -0.3 is 24.0 Å². The van der Waals surface area contributed by atoms with Gasteiger partial charge in [-0.05, 0) is 37.8 Å². The van der Waals surface area contributed by atoms with E-state index in [-0.39, 0.29) is 11.8 Å². The van der Waals surface area contributed by atoms with Crippen LogP contribution in [0.2, 0.25) is 0 Å². The Balaban J connectivity index is 1.15. The number of amides is 1. The molecule has 36 heavy (non-hydrogen) atoms. The van der Waals surface area contributed by atoms with Crippen LogP contribution >= 0.6 is 0 Å². The summed E-state index contributed by atoms with van der Waals surface area (Å²) >= 11 is 0. The van der Waals surface area contributed by atoms with Crippen LogP contribution in [-0.4, -0.2) is 76.7 Å². The van der Waals surface area contributed by atoms with Gasteiger partial charge in [-0.3, -0.25) is 4.79 Å². The molecule has 1 atom stereocenters. The second-order valence-electron chi connectivity index (χ2n) is 10.1. The molecule has 2 aromatic heterocycles. The second kappa shape index (κ2) is 9.95. The summed E-state index contributed by atoms with van der Waals surface area (Å²) in [6.45, 7) is 5.67. The summed E-state index contributed by atoms with van der Waals surface area (Å²) in [5, 5.41) is 0. The minimum atomic E-state index is -0.0120. The molecule has 3 aromatic rings. The van der Waals surface area contributed by atoms with E-state index in [0.717, 1.165) is 92.8 Å². The van der Waals surface area contributed by atoms with Gasteiger partial charge in [-0.15, -0.1) is 0 Å². The molecule has 0 aliphatic carbocycles. The Bertz CT molecular complexity index is 1230. The van der Waals surface area contributed by atoms with Gasteiger partial charge in [0, 0.05) is 52.2 Å². The molecule has 0 N–H and O–H groups in total. The summed E-state index contributed by atoms with van der Waals surface area (Å²) in [5.41, 5.74) is 2.94. The average Bonchev–Trinajstić information content (AvgIpc) is 3.13. The number of piperidine rings is 1. The molecule has 3 aliphatic heterocycles. The topological polar surface area (TPSA) is 79.6 Å². The SMILES string of the molecule is COc1ccccc1N1CCN(C(=O)[C@@H]2CCCN(c3ncnc4c3nc3n4CCCCC3)C2)CC1. The Morgan fingerprint density at radius 2 is 1.81 bits per heavy atom. The maximum atomic E-state index is 13.6. The van der Waals surface area contributed by atoms with Gasteiger partial charge in [0.2, 0.25) is 5.91 Å². The first-order valence-corrected chi connectivity index (χ1v) is 13.3. The fourth-order valence-electron chi connectivity index (χ4n) is 6.04. The van der Waals surface area contributed by atoms with Crippen LogP contribution in [0, 0.1) is 5.92 Å². The van der Waals surface area contributed by atoms with Crippen molar-refractivity contribution in [3.63, 3.8) is 0 Å². The lowest BCUT2D eigenvalue weighted by Crippen LogP contribution is -2.52. The van der Waals surface area contributed by atoms with Gasteiger partial charge in [-0.25, -0.2) is 15.0 Å². The molecule has 9 heteroatoms. The number of rotatable bonds is 4. The molecule has 0 radical (unpaired) electrons. The highest BCUT2D eigenvalue weighted by Crippen LogP contribution is 2.31. The maximum absolute atomic E-state index is 13.6. The van der Waals surface area contributed by atoms with Crippen LogP contribution in [0.15, 0.2) is 30.6 Å².